The van der Waals surface area contributed by atoms with Gasteiger partial charge in [-0.1, -0.05) is 37.8 Å². The van der Waals surface area contributed by atoms with Gasteiger partial charge in [0.05, 0.1) is 0 Å². The lowest BCUT2D eigenvalue weighted by atomic mass is 10.0. The van der Waals surface area contributed by atoms with E-state index in [9.17, 15) is 0 Å². The van der Waals surface area contributed by atoms with Gasteiger partial charge in [-0.2, -0.15) is 0 Å². The lowest BCUT2D eigenvalue weighted by molar-refractivity contribution is 0.245. The monoisotopic (exact) mass is 203 g/mol. The van der Waals surface area contributed by atoms with Crippen LogP contribution >= 0.6 is 24.0 Å². The predicted octanol–water partition coefficient (Wildman–Crippen LogP) is 2.75. The Balaban J connectivity index is 2.70. The molecule has 1 atom stereocenters. The summed E-state index contributed by atoms with van der Waals surface area (Å²) in [5.41, 5.74) is 0. The highest BCUT2D eigenvalue weighted by molar-refractivity contribution is 8.23. The molecule has 12 heavy (non-hydrogen) atoms. The Morgan fingerprint density at radius 2 is 2.00 bits per heavy atom. The van der Waals surface area contributed by atoms with E-state index >= 15 is 0 Å². The van der Waals surface area contributed by atoms with Crippen LogP contribution in [0.4, 0.5) is 0 Å². The zero-order valence-corrected chi connectivity index (χ0v) is 9.84. The summed E-state index contributed by atoms with van der Waals surface area (Å²) in [5.74, 6) is 1.88. The number of hydrogen-bond acceptors (Lipinski definition) is 2. The highest BCUT2D eigenvalue weighted by atomic mass is 32.2. The van der Waals surface area contributed by atoms with Gasteiger partial charge in [-0.15, -0.1) is 0 Å². The van der Waals surface area contributed by atoms with Gasteiger partial charge in [0, 0.05) is 17.8 Å². The van der Waals surface area contributed by atoms with Crippen LogP contribution < -0.4 is 0 Å². The van der Waals surface area contributed by atoms with E-state index in [-0.39, 0.29) is 0 Å². The van der Waals surface area contributed by atoms with E-state index in [1.54, 1.807) is 0 Å². The molecule has 1 heterocycles. The van der Waals surface area contributed by atoms with Crippen molar-refractivity contribution in [3.8, 4) is 0 Å². The Kier molecular flexibility index (Phi) is 3.41. The zero-order valence-electron chi connectivity index (χ0n) is 8.20. The second-order valence-electron chi connectivity index (χ2n) is 3.89. The summed E-state index contributed by atoms with van der Waals surface area (Å²) in [6, 6.07) is 1.21. The van der Waals surface area contributed by atoms with Gasteiger partial charge in [0.1, 0.15) is 4.32 Å². The van der Waals surface area contributed by atoms with Crippen molar-refractivity contribution in [2.75, 3.05) is 5.75 Å². The molecule has 0 unspecified atom stereocenters. The zero-order chi connectivity index (χ0) is 9.30. The van der Waals surface area contributed by atoms with Gasteiger partial charge >= 0.3 is 0 Å². The molecule has 70 valence electrons. The third-order valence-corrected chi connectivity index (χ3v) is 3.80. The number of thioether (sulfide) groups is 1. The molecule has 1 aliphatic heterocycles. The first-order chi connectivity index (χ1) is 5.54. The average molecular weight is 203 g/mol. The number of thiocarbonyl (C=S) groups is 1. The topological polar surface area (TPSA) is 3.24 Å². The fourth-order valence-electron chi connectivity index (χ4n) is 1.55. The first kappa shape index (κ1) is 10.3. The molecule has 0 spiro atoms. The summed E-state index contributed by atoms with van der Waals surface area (Å²) in [6.07, 6.45) is 0. The first-order valence-corrected chi connectivity index (χ1v) is 5.88. The van der Waals surface area contributed by atoms with E-state index in [0.29, 0.717) is 18.0 Å². The summed E-state index contributed by atoms with van der Waals surface area (Å²) in [7, 11) is 0. The Morgan fingerprint density at radius 3 is 2.33 bits per heavy atom. The van der Waals surface area contributed by atoms with Crippen molar-refractivity contribution in [1.82, 2.24) is 4.90 Å². The van der Waals surface area contributed by atoms with Crippen molar-refractivity contribution in [3.05, 3.63) is 0 Å². The largest absolute Gasteiger partial charge is 0.351 e. The van der Waals surface area contributed by atoms with Crippen molar-refractivity contribution in [1.29, 1.82) is 0 Å². The third-order valence-electron chi connectivity index (χ3n) is 2.27. The highest BCUT2D eigenvalue weighted by Crippen LogP contribution is 2.30. The molecular weight excluding hydrogens is 186 g/mol. The van der Waals surface area contributed by atoms with Crippen molar-refractivity contribution < 1.29 is 0 Å². The number of hydrogen-bond donors (Lipinski definition) is 0. The Morgan fingerprint density at radius 1 is 1.42 bits per heavy atom. The van der Waals surface area contributed by atoms with Crippen LogP contribution in [0, 0.1) is 5.92 Å². The van der Waals surface area contributed by atoms with Crippen molar-refractivity contribution >= 4 is 28.3 Å². The molecule has 3 heteroatoms. The summed E-state index contributed by atoms with van der Waals surface area (Å²) >= 11 is 7.13. The predicted molar refractivity (Wildman–Crippen MR) is 60.7 cm³/mol. The molecule has 0 N–H and O–H groups in total. The van der Waals surface area contributed by atoms with Crippen LogP contribution in [0.5, 0.6) is 0 Å². The maximum atomic E-state index is 5.30. The van der Waals surface area contributed by atoms with Gasteiger partial charge in [0.15, 0.2) is 0 Å². The molecular formula is C9H17NS2. The van der Waals surface area contributed by atoms with Gasteiger partial charge in [-0.3, -0.25) is 0 Å². The molecule has 0 saturated carbocycles. The lowest BCUT2D eigenvalue weighted by Crippen LogP contribution is -2.41. The van der Waals surface area contributed by atoms with Crippen LogP contribution in [0.1, 0.15) is 27.7 Å². The molecule has 0 aromatic rings. The first-order valence-electron chi connectivity index (χ1n) is 4.49. The second-order valence-corrected chi connectivity index (χ2v) is 5.54. The van der Waals surface area contributed by atoms with Gasteiger partial charge in [-0.05, 0) is 19.8 Å². The molecule has 1 fully saturated rings. The minimum Gasteiger partial charge on any atom is -0.351 e. The van der Waals surface area contributed by atoms with Gasteiger partial charge in [0.2, 0.25) is 0 Å². The van der Waals surface area contributed by atoms with Gasteiger partial charge in [-0.25, -0.2) is 0 Å². The lowest BCUT2D eigenvalue weighted by Gasteiger charge is -2.31. The molecule has 0 amide bonds. The highest BCUT2D eigenvalue weighted by Gasteiger charge is 2.32. The molecule has 1 rings (SSSR count). The third kappa shape index (κ3) is 1.94. The summed E-state index contributed by atoms with van der Waals surface area (Å²) < 4.78 is 1.09. The fourth-order valence-corrected chi connectivity index (χ4v) is 3.46. The van der Waals surface area contributed by atoms with E-state index in [4.69, 9.17) is 12.2 Å². The summed E-state index contributed by atoms with van der Waals surface area (Å²) in [5, 5.41) is 0. The van der Waals surface area contributed by atoms with Crippen molar-refractivity contribution in [2.45, 2.75) is 39.8 Å². The molecule has 0 bridgehead atoms. The van der Waals surface area contributed by atoms with E-state index in [1.165, 1.54) is 5.75 Å². The van der Waals surface area contributed by atoms with Crippen molar-refractivity contribution in [3.63, 3.8) is 0 Å². The summed E-state index contributed by atoms with van der Waals surface area (Å²) in [4.78, 5) is 2.38. The average Bonchev–Trinajstić information content (AvgIpc) is 2.30. The quantitative estimate of drug-likeness (QED) is 0.635. The molecule has 0 aromatic carbocycles. The van der Waals surface area contributed by atoms with Crippen LogP contribution in [0.2, 0.25) is 0 Å². The van der Waals surface area contributed by atoms with Crippen LogP contribution in [-0.2, 0) is 0 Å². The molecule has 0 aromatic heterocycles. The molecule has 1 nitrogen and oxygen atoms in total. The van der Waals surface area contributed by atoms with Crippen LogP contribution in [0.25, 0.3) is 0 Å². The normalized spacial score (nSPS) is 24.7. The smallest absolute Gasteiger partial charge is 0.136 e. The molecule has 0 aliphatic carbocycles. The van der Waals surface area contributed by atoms with Crippen LogP contribution in [0.15, 0.2) is 0 Å². The molecule has 1 aliphatic rings. The van der Waals surface area contributed by atoms with E-state index < -0.39 is 0 Å². The number of rotatable bonds is 2. The van der Waals surface area contributed by atoms with E-state index in [2.05, 4.69) is 32.6 Å². The number of nitrogens with zero attached hydrogens (tertiary/aromatic N) is 1. The maximum Gasteiger partial charge on any atom is 0.136 e. The Bertz CT molecular complexity index is 177. The van der Waals surface area contributed by atoms with Crippen molar-refractivity contribution in [2.24, 2.45) is 5.92 Å². The van der Waals surface area contributed by atoms with Crippen LogP contribution in [-0.4, -0.2) is 27.1 Å². The maximum absolute atomic E-state index is 5.30. The standard InChI is InChI=1S/C9H17NS2/c1-6(2)8-5-12-9(11)10(8)7(3)4/h6-8H,5H2,1-4H3/t8-/m0/s1. The minimum absolute atomic E-state index is 0.555. The summed E-state index contributed by atoms with van der Waals surface area (Å²) in [6.45, 7) is 8.98. The van der Waals surface area contributed by atoms with Crippen LogP contribution in [0.3, 0.4) is 0 Å². The van der Waals surface area contributed by atoms with E-state index in [1.807, 2.05) is 11.8 Å². The fraction of sp³-hybridized carbons (Fsp3) is 0.889. The molecule has 0 radical (unpaired) electrons. The minimum atomic E-state index is 0.555. The second kappa shape index (κ2) is 3.97. The van der Waals surface area contributed by atoms with E-state index in [0.717, 1.165) is 4.32 Å². The molecule has 1 saturated heterocycles. The van der Waals surface area contributed by atoms with Gasteiger partial charge < -0.3 is 4.90 Å². The Hall–Kier alpha value is 0.240. The Labute approximate surface area is 84.9 Å². The van der Waals surface area contributed by atoms with Gasteiger partial charge in [0.25, 0.3) is 0 Å². The SMILES string of the molecule is CC(C)[C@@H]1CSC(=S)N1C(C)C.